The molecule has 0 spiro atoms. The van der Waals surface area contributed by atoms with E-state index in [0.717, 1.165) is 18.4 Å². The summed E-state index contributed by atoms with van der Waals surface area (Å²) in [5, 5.41) is 4.84. The molecule has 188 valence electrons. The SMILES string of the molecule is Cc1nc2c(c(=O)n1C)C(c1ccc(Cl)cc1F)=NC(C)([C@H]1CCO[C@@H](c3cnn(C4CC4)c3)C1)C2. The van der Waals surface area contributed by atoms with Crippen molar-refractivity contribution in [2.24, 2.45) is 18.0 Å². The highest BCUT2D eigenvalue weighted by Gasteiger charge is 2.43. The van der Waals surface area contributed by atoms with Crippen LogP contribution in [0.2, 0.25) is 5.02 Å². The van der Waals surface area contributed by atoms with E-state index in [0.29, 0.717) is 46.9 Å². The Bertz CT molecular complexity index is 1440. The predicted molar refractivity (Wildman–Crippen MR) is 135 cm³/mol. The summed E-state index contributed by atoms with van der Waals surface area (Å²) in [5.74, 6) is 0.276. The summed E-state index contributed by atoms with van der Waals surface area (Å²) in [6.07, 6.45) is 8.41. The second-order valence-corrected chi connectivity index (χ2v) is 11.0. The Labute approximate surface area is 214 Å². The van der Waals surface area contributed by atoms with Crippen LogP contribution in [0.1, 0.15) is 73.0 Å². The Kier molecular flexibility index (Phi) is 5.64. The zero-order valence-corrected chi connectivity index (χ0v) is 21.4. The van der Waals surface area contributed by atoms with E-state index >= 15 is 4.39 Å². The van der Waals surface area contributed by atoms with Gasteiger partial charge in [0.1, 0.15) is 11.6 Å². The lowest BCUT2D eigenvalue weighted by Gasteiger charge is -2.42. The van der Waals surface area contributed by atoms with Crippen molar-refractivity contribution in [3.05, 3.63) is 80.0 Å². The fourth-order valence-electron chi connectivity index (χ4n) is 5.58. The molecular formula is C27H29ClFN5O2. The molecule has 9 heteroatoms. The lowest BCUT2D eigenvalue weighted by Crippen LogP contribution is -2.45. The van der Waals surface area contributed by atoms with Crippen LogP contribution in [0.5, 0.6) is 0 Å². The van der Waals surface area contributed by atoms with Crippen molar-refractivity contribution in [1.29, 1.82) is 0 Å². The first-order valence-corrected chi connectivity index (χ1v) is 12.9. The van der Waals surface area contributed by atoms with E-state index < -0.39 is 11.4 Å². The van der Waals surface area contributed by atoms with Crippen molar-refractivity contribution in [1.82, 2.24) is 19.3 Å². The van der Waals surface area contributed by atoms with E-state index in [2.05, 4.69) is 18.2 Å². The number of ether oxygens (including phenoxy) is 1. The molecule has 1 saturated heterocycles. The average Bonchev–Trinajstić information content (AvgIpc) is 3.58. The van der Waals surface area contributed by atoms with E-state index in [1.807, 2.05) is 17.8 Å². The molecule has 0 radical (unpaired) electrons. The second-order valence-electron chi connectivity index (χ2n) is 10.5. The van der Waals surface area contributed by atoms with Crippen LogP contribution in [0.3, 0.4) is 0 Å². The third-order valence-electron chi connectivity index (χ3n) is 7.98. The molecule has 0 N–H and O–H groups in total. The van der Waals surface area contributed by atoms with Gasteiger partial charge in [0, 0.05) is 42.4 Å². The van der Waals surface area contributed by atoms with E-state index in [1.54, 1.807) is 19.2 Å². The third kappa shape index (κ3) is 4.00. The van der Waals surface area contributed by atoms with Crippen molar-refractivity contribution in [2.45, 2.75) is 63.6 Å². The van der Waals surface area contributed by atoms with E-state index in [4.69, 9.17) is 26.3 Å². The smallest absolute Gasteiger partial charge is 0.262 e. The number of hydrogen-bond acceptors (Lipinski definition) is 5. The van der Waals surface area contributed by atoms with Crippen molar-refractivity contribution < 1.29 is 9.13 Å². The Hall–Kier alpha value is -2.84. The van der Waals surface area contributed by atoms with Crippen LogP contribution in [0.4, 0.5) is 4.39 Å². The van der Waals surface area contributed by atoms with Crippen molar-refractivity contribution in [3.8, 4) is 0 Å². The zero-order chi connectivity index (χ0) is 25.2. The maximum atomic E-state index is 15.2. The Morgan fingerprint density at radius 3 is 2.81 bits per heavy atom. The first-order valence-electron chi connectivity index (χ1n) is 12.5. The highest BCUT2D eigenvalue weighted by Crippen LogP contribution is 2.43. The van der Waals surface area contributed by atoms with Gasteiger partial charge < -0.3 is 4.74 Å². The molecule has 1 unspecified atom stereocenters. The van der Waals surface area contributed by atoms with Crippen LogP contribution >= 0.6 is 11.6 Å². The number of aromatic nitrogens is 4. The minimum atomic E-state index is -0.575. The molecule has 2 aromatic heterocycles. The summed E-state index contributed by atoms with van der Waals surface area (Å²) >= 11 is 6.03. The fourth-order valence-corrected chi connectivity index (χ4v) is 5.74. The first kappa shape index (κ1) is 23.6. The monoisotopic (exact) mass is 509 g/mol. The van der Waals surface area contributed by atoms with Gasteiger partial charge >= 0.3 is 0 Å². The molecule has 1 aromatic carbocycles. The number of rotatable bonds is 4. The number of aliphatic imine (C=N–C) groups is 1. The number of aryl methyl sites for hydroxylation is 1. The molecule has 6 rings (SSSR count). The molecule has 3 aliphatic rings. The Morgan fingerprint density at radius 1 is 1.25 bits per heavy atom. The Balaban J connectivity index is 1.42. The van der Waals surface area contributed by atoms with Gasteiger partial charge in [-0.25, -0.2) is 9.37 Å². The largest absolute Gasteiger partial charge is 0.373 e. The standard InChI is InChI=1S/C27H29ClFN5O2/c1-15-31-22-12-27(2,17-8-9-36-23(10-17)16-13-30-34(14-16)19-5-6-19)32-25(24(22)26(35)33(15)3)20-7-4-18(28)11-21(20)29/h4,7,11,13-14,17,19,23H,5-6,8-10,12H2,1-3H3/t17-,23+,27?/m0/s1. The number of fused-ring (bicyclic) bond motifs is 1. The molecule has 1 aliphatic carbocycles. The van der Waals surface area contributed by atoms with Gasteiger partial charge in [-0.3, -0.25) is 19.0 Å². The highest BCUT2D eigenvalue weighted by molar-refractivity contribution is 6.30. The van der Waals surface area contributed by atoms with Crippen LogP contribution < -0.4 is 5.56 Å². The normalized spacial score (nSPS) is 26.0. The molecular weight excluding hydrogens is 481 g/mol. The maximum Gasteiger partial charge on any atom is 0.262 e. The van der Waals surface area contributed by atoms with Crippen molar-refractivity contribution in [2.75, 3.05) is 6.61 Å². The van der Waals surface area contributed by atoms with Crippen LogP contribution in [-0.2, 0) is 18.2 Å². The van der Waals surface area contributed by atoms with Gasteiger partial charge in [-0.1, -0.05) is 11.6 Å². The highest BCUT2D eigenvalue weighted by atomic mass is 35.5. The summed E-state index contributed by atoms with van der Waals surface area (Å²) < 4.78 is 24.9. The van der Waals surface area contributed by atoms with Crippen LogP contribution in [-0.4, -0.2) is 37.2 Å². The molecule has 4 heterocycles. The topological polar surface area (TPSA) is 74.3 Å². The Morgan fingerprint density at radius 2 is 2.06 bits per heavy atom. The van der Waals surface area contributed by atoms with E-state index in [9.17, 15) is 4.79 Å². The third-order valence-corrected chi connectivity index (χ3v) is 8.22. The minimum Gasteiger partial charge on any atom is -0.373 e. The second kappa shape index (κ2) is 8.63. The van der Waals surface area contributed by atoms with Crippen molar-refractivity contribution >= 4 is 17.3 Å². The van der Waals surface area contributed by atoms with E-state index in [1.165, 1.54) is 23.5 Å². The van der Waals surface area contributed by atoms with Gasteiger partial charge in [0.25, 0.3) is 5.56 Å². The maximum absolute atomic E-state index is 15.2. The van der Waals surface area contributed by atoms with Gasteiger partial charge in [-0.05, 0) is 63.6 Å². The molecule has 2 fully saturated rings. The number of benzene rings is 1. The quantitative estimate of drug-likeness (QED) is 0.509. The first-order chi connectivity index (χ1) is 17.2. The average molecular weight is 510 g/mol. The van der Waals surface area contributed by atoms with Crippen LogP contribution in [0, 0.1) is 18.7 Å². The minimum absolute atomic E-state index is 0.0706. The molecule has 3 aromatic rings. The molecule has 1 saturated carbocycles. The van der Waals surface area contributed by atoms with Crippen LogP contribution in [0.15, 0.2) is 40.4 Å². The molecule has 2 aliphatic heterocycles. The summed E-state index contributed by atoms with van der Waals surface area (Å²) in [7, 11) is 1.68. The number of hydrogen-bond donors (Lipinski definition) is 0. The fraction of sp³-hybridized carbons (Fsp3) is 0.481. The molecule has 0 bridgehead atoms. The molecule has 36 heavy (non-hydrogen) atoms. The van der Waals surface area contributed by atoms with Gasteiger partial charge in [-0.2, -0.15) is 5.10 Å². The molecule has 3 atom stereocenters. The summed E-state index contributed by atoms with van der Waals surface area (Å²) in [6, 6.07) is 5.01. The van der Waals surface area contributed by atoms with Crippen molar-refractivity contribution in [3.63, 3.8) is 0 Å². The summed E-state index contributed by atoms with van der Waals surface area (Å²) in [5.41, 5.74) is 1.95. The van der Waals surface area contributed by atoms with Gasteiger partial charge in [0.2, 0.25) is 0 Å². The molecule has 0 amide bonds. The lowest BCUT2D eigenvalue weighted by atomic mass is 9.73. The predicted octanol–water partition coefficient (Wildman–Crippen LogP) is 4.73. The summed E-state index contributed by atoms with van der Waals surface area (Å²) in [6.45, 7) is 4.52. The molecule has 7 nitrogen and oxygen atoms in total. The van der Waals surface area contributed by atoms with Crippen LogP contribution in [0.25, 0.3) is 0 Å². The van der Waals surface area contributed by atoms with Gasteiger partial charge in [0.15, 0.2) is 0 Å². The summed E-state index contributed by atoms with van der Waals surface area (Å²) in [4.78, 5) is 23.3. The van der Waals surface area contributed by atoms with E-state index in [-0.39, 0.29) is 23.1 Å². The number of nitrogens with zero attached hydrogens (tertiary/aromatic N) is 5. The zero-order valence-electron chi connectivity index (χ0n) is 20.7. The van der Waals surface area contributed by atoms with Gasteiger partial charge in [0.05, 0.1) is 40.9 Å². The lowest BCUT2D eigenvalue weighted by molar-refractivity contribution is -0.0271. The number of halogens is 2. The van der Waals surface area contributed by atoms with Gasteiger partial charge in [-0.15, -0.1) is 0 Å².